The minimum Gasteiger partial charge on any atom is -0.355 e. The molecular formula is C12H14BrFN2O2. The number of hydrogen-bond acceptors (Lipinski definition) is 2. The summed E-state index contributed by atoms with van der Waals surface area (Å²) in [6.45, 7) is 2.28. The molecule has 0 aliphatic carbocycles. The van der Waals surface area contributed by atoms with Crippen LogP contribution < -0.4 is 10.6 Å². The molecule has 18 heavy (non-hydrogen) atoms. The Bertz CT molecular complexity index is 452. The predicted octanol–water partition coefficient (Wildman–Crippen LogP) is 1.38. The SMILES string of the molecule is CCNC(=O)CNC(=O)Cc1ccc(F)c(Br)c1. The largest absolute Gasteiger partial charge is 0.355 e. The zero-order chi connectivity index (χ0) is 13.5. The van der Waals surface area contributed by atoms with Crippen molar-refractivity contribution in [2.75, 3.05) is 13.1 Å². The zero-order valence-corrected chi connectivity index (χ0v) is 11.5. The Labute approximate surface area is 113 Å². The van der Waals surface area contributed by atoms with Crippen molar-refractivity contribution in [3.8, 4) is 0 Å². The number of hydrogen-bond donors (Lipinski definition) is 2. The fourth-order valence-corrected chi connectivity index (χ4v) is 1.76. The molecule has 4 nitrogen and oxygen atoms in total. The molecule has 0 saturated carbocycles. The van der Waals surface area contributed by atoms with Gasteiger partial charge < -0.3 is 10.6 Å². The van der Waals surface area contributed by atoms with E-state index in [2.05, 4.69) is 26.6 Å². The third-order valence-corrected chi connectivity index (χ3v) is 2.78. The van der Waals surface area contributed by atoms with Gasteiger partial charge >= 0.3 is 0 Å². The van der Waals surface area contributed by atoms with Crippen LogP contribution in [0.5, 0.6) is 0 Å². The standard InChI is InChI=1S/C12H14BrFN2O2/c1-2-15-12(18)7-16-11(17)6-8-3-4-10(14)9(13)5-8/h3-5H,2,6-7H2,1H3,(H,15,18)(H,16,17). The second kappa shape index (κ2) is 7.10. The molecular weight excluding hydrogens is 303 g/mol. The highest BCUT2D eigenvalue weighted by Crippen LogP contribution is 2.16. The highest BCUT2D eigenvalue weighted by Gasteiger charge is 2.07. The van der Waals surface area contributed by atoms with Gasteiger partial charge in [0.25, 0.3) is 0 Å². The van der Waals surface area contributed by atoms with Gasteiger partial charge in [-0.05, 0) is 40.5 Å². The first-order valence-corrected chi connectivity index (χ1v) is 6.29. The van der Waals surface area contributed by atoms with Crippen LogP contribution in [0.2, 0.25) is 0 Å². The molecule has 0 aliphatic rings. The zero-order valence-electron chi connectivity index (χ0n) is 9.93. The van der Waals surface area contributed by atoms with Crippen molar-refractivity contribution in [2.24, 2.45) is 0 Å². The quantitative estimate of drug-likeness (QED) is 0.862. The van der Waals surface area contributed by atoms with Gasteiger partial charge in [-0.1, -0.05) is 6.07 Å². The number of benzene rings is 1. The summed E-state index contributed by atoms with van der Waals surface area (Å²) in [5.74, 6) is -0.882. The van der Waals surface area contributed by atoms with Crippen molar-refractivity contribution in [2.45, 2.75) is 13.3 Å². The van der Waals surface area contributed by atoms with Crippen molar-refractivity contribution >= 4 is 27.7 Å². The fraction of sp³-hybridized carbons (Fsp3) is 0.333. The normalized spacial score (nSPS) is 9.94. The smallest absolute Gasteiger partial charge is 0.239 e. The molecule has 98 valence electrons. The van der Waals surface area contributed by atoms with Gasteiger partial charge in [0.15, 0.2) is 0 Å². The van der Waals surface area contributed by atoms with Crippen molar-refractivity contribution in [3.05, 3.63) is 34.1 Å². The van der Waals surface area contributed by atoms with E-state index in [1.807, 2.05) is 0 Å². The van der Waals surface area contributed by atoms with E-state index in [0.29, 0.717) is 16.6 Å². The number of amides is 2. The molecule has 2 amide bonds. The Morgan fingerprint density at radius 1 is 1.28 bits per heavy atom. The molecule has 0 fully saturated rings. The average molecular weight is 317 g/mol. The van der Waals surface area contributed by atoms with E-state index in [1.54, 1.807) is 13.0 Å². The second-order valence-corrected chi connectivity index (χ2v) is 4.51. The molecule has 0 aromatic heterocycles. The van der Waals surface area contributed by atoms with Crippen LogP contribution in [0.3, 0.4) is 0 Å². The fourth-order valence-electron chi connectivity index (χ4n) is 1.34. The summed E-state index contributed by atoms with van der Waals surface area (Å²) < 4.78 is 13.3. The van der Waals surface area contributed by atoms with E-state index >= 15 is 0 Å². The van der Waals surface area contributed by atoms with E-state index in [0.717, 1.165) is 0 Å². The van der Waals surface area contributed by atoms with Gasteiger partial charge in [0, 0.05) is 6.54 Å². The number of carbonyl (C=O) groups excluding carboxylic acids is 2. The molecule has 0 saturated heterocycles. The maximum absolute atomic E-state index is 13.0. The van der Waals surface area contributed by atoms with Crippen LogP contribution in [-0.4, -0.2) is 24.9 Å². The molecule has 6 heteroatoms. The third kappa shape index (κ3) is 4.83. The summed E-state index contributed by atoms with van der Waals surface area (Å²) in [5, 5.41) is 5.06. The van der Waals surface area contributed by atoms with Crippen LogP contribution in [0.25, 0.3) is 0 Å². The number of likely N-dealkylation sites (N-methyl/N-ethyl adjacent to an activating group) is 1. The van der Waals surface area contributed by atoms with Crippen LogP contribution in [0.15, 0.2) is 22.7 Å². The summed E-state index contributed by atoms with van der Waals surface area (Å²) in [6, 6.07) is 4.36. The first-order valence-electron chi connectivity index (χ1n) is 5.50. The Kier molecular flexibility index (Phi) is 5.77. The molecule has 0 bridgehead atoms. The second-order valence-electron chi connectivity index (χ2n) is 3.66. The number of carbonyl (C=O) groups is 2. The lowest BCUT2D eigenvalue weighted by atomic mass is 10.1. The Morgan fingerprint density at radius 3 is 2.61 bits per heavy atom. The lowest BCUT2D eigenvalue weighted by Crippen LogP contribution is -2.37. The lowest BCUT2D eigenvalue weighted by molar-refractivity contribution is -0.125. The molecule has 0 unspecified atom stereocenters. The highest BCUT2D eigenvalue weighted by atomic mass is 79.9. The number of nitrogens with one attached hydrogen (secondary N) is 2. The summed E-state index contributed by atoms with van der Waals surface area (Å²) in [7, 11) is 0. The molecule has 0 aliphatic heterocycles. The third-order valence-electron chi connectivity index (χ3n) is 2.17. The molecule has 1 aromatic rings. The summed E-state index contributed by atoms with van der Waals surface area (Å²) >= 11 is 3.05. The molecule has 0 spiro atoms. The van der Waals surface area contributed by atoms with E-state index in [4.69, 9.17) is 0 Å². The highest BCUT2D eigenvalue weighted by molar-refractivity contribution is 9.10. The van der Waals surface area contributed by atoms with Gasteiger partial charge in [-0.15, -0.1) is 0 Å². The van der Waals surface area contributed by atoms with Crippen LogP contribution in [0.1, 0.15) is 12.5 Å². The first-order chi connectivity index (χ1) is 8.52. The Hall–Kier alpha value is -1.43. The lowest BCUT2D eigenvalue weighted by Gasteiger charge is -2.06. The van der Waals surface area contributed by atoms with Gasteiger partial charge in [-0.2, -0.15) is 0 Å². The first kappa shape index (κ1) is 14.6. The van der Waals surface area contributed by atoms with Crippen LogP contribution in [0, 0.1) is 5.82 Å². The Morgan fingerprint density at radius 2 is 2.00 bits per heavy atom. The summed E-state index contributed by atoms with van der Waals surface area (Å²) in [5.41, 5.74) is 0.677. The molecule has 1 aromatic carbocycles. The van der Waals surface area contributed by atoms with E-state index < -0.39 is 0 Å². The topological polar surface area (TPSA) is 58.2 Å². The van der Waals surface area contributed by atoms with Gasteiger partial charge in [-0.3, -0.25) is 9.59 Å². The van der Waals surface area contributed by atoms with E-state index in [1.165, 1.54) is 12.1 Å². The van der Waals surface area contributed by atoms with Crippen molar-refractivity contribution < 1.29 is 14.0 Å². The average Bonchev–Trinajstić information content (AvgIpc) is 2.32. The van der Waals surface area contributed by atoms with Crippen LogP contribution in [-0.2, 0) is 16.0 Å². The monoisotopic (exact) mass is 316 g/mol. The minimum atomic E-state index is -0.374. The molecule has 1 rings (SSSR count). The minimum absolute atomic E-state index is 0.0466. The molecule has 2 N–H and O–H groups in total. The molecule has 0 radical (unpaired) electrons. The maximum atomic E-state index is 13.0. The van der Waals surface area contributed by atoms with Crippen LogP contribution in [0.4, 0.5) is 4.39 Å². The van der Waals surface area contributed by atoms with Gasteiger partial charge in [0.1, 0.15) is 5.82 Å². The predicted molar refractivity (Wildman–Crippen MR) is 69.5 cm³/mol. The van der Waals surface area contributed by atoms with Crippen molar-refractivity contribution in [1.82, 2.24) is 10.6 Å². The van der Waals surface area contributed by atoms with Gasteiger partial charge in [-0.25, -0.2) is 4.39 Å². The van der Waals surface area contributed by atoms with Gasteiger partial charge in [0.2, 0.25) is 11.8 Å². The maximum Gasteiger partial charge on any atom is 0.239 e. The number of halogens is 2. The summed E-state index contributed by atoms with van der Waals surface area (Å²) in [6.07, 6.45) is 0.109. The van der Waals surface area contributed by atoms with Gasteiger partial charge in [0.05, 0.1) is 17.4 Å². The van der Waals surface area contributed by atoms with Crippen LogP contribution >= 0.6 is 15.9 Å². The van der Waals surface area contributed by atoms with Crippen molar-refractivity contribution in [1.29, 1.82) is 0 Å². The Balaban J connectivity index is 2.44. The van der Waals surface area contributed by atoms with Crippen molar-refractivity contribution in [3.63, 3.8) is 0 Å². The molecule has 0 heterocycles. The number of rotatable bonds is 5. The molecule has 0 atom stereocenters. The summed E-state index contributed by atoms with van der Waals surface area (Å²) in [4.78, 5) is 22.6. The van der Waals surface area contributed by atoms with E-state index in [-0.39, 0.29) is 30.6 Å². The van der Waals surface area contributed by atoms with E-state index in [9.17, 15) is 14.0 Å².